The van der Waals surface area contributed by atoms with Gasteiger partial charge in [-0.15, -0.1) is 0 Å². The monoisotopic (exact) mass is 361 g/mol. The number of benzene rings is 2. The largest absolute Gasteiger partial charge is 0.496 e. The average molecular weight is 361 g/mol. The maximum Gasteiger partial charge on any atom is 0.270 e. The van der Waals surface area contributed by atoms with Gasteiger partial charge in [-0.25, -0.2) is 4.98 Å². The van der Waals surface area contributed by atoms with Crippen molar-refractivity contribution in [1.29, 1.82) is 0 Å². The highest BCUT2D eigenvalue weighted by Gasteiger charge is 2.10. The number of methoxy groups -OCH3 is 1. The smallest absolute Gasteiger partial charge is 0.270 e. The molecule has 0 saturated carbocycles. The van der Waals surface area contributed by atoms with Gasteiger partial charge in [-0.2, -0.15) is 0 Å². The Morgan fingerprint density at radius 2 is 1.78 bits per heavy atom. The molecule has 138 valence electrons. The summed E-state index contributed by atoms with van der Waals surface area (Å²) in [5.41, 5.74) is 3.36. The van der Waals surface area contributed by atoms with Crippen molar-refractivity contribution in [3.8, 4) is 5.75 Å². The van der Waals surface area contributed by atoms with Crippen LogP contribution in [0, 0.1) is 0 Å². The Labute approximate surface area is 159 Å². The predicted octanol–water partition coefficient (Wildman–Crippen LogP) is 4.19. The quantitative estimate of drug-likeness (QED) is 0.662. The molecule has 1 atom stereocenters. The number of anilines is 1. The Morgan fingerprint density at radius 1 is 1.04 bits per heavy atom. The number of rotatable bonds is 7. The minimum absolute atomic E-state index is 0.151. The van der Waals surface area contributed by atoms with Crippen LogP contribution in [0.25, 0.3) is 0 Å². The fourth-order valence-corrected chi connectivity index (χ4v) is 2.80. The number of para-hydroxylation sites is 1. The minimum Gasteiger partial charge on any atom is -0.496 e. The van der Waals surface area contributed by atoms with E-state index in [1.54, 1.807) is 19.4 Å². The normalized spacial score (nSPS) is 11.5. The van der Waals surface area contributed by atoms with E-state index in [1.165, 1.54) is 5.56 Å². The molecule has 1 heterocycles. The Hall–Kier alpha value is -3.34. The fourth-order valence-electron chi connectivity index (χ4n) is 2.80. The Morgan fingerprint density at radius 3 is 2.48 bits per heavy atom. The molecule has 0 aliphatic heterocycles. The summed E-state index contributed by atoms with van der Waals surface area (Å²) in [6.07, 6.45) is 1.68. The van der Waals surface area contributed by atoms with E-state index in [9.17, 15) is 4.79 Å². The van der Waals surface area contributed by atoms with Crippen LogP contribution in [0.4, 0.5) is 5.69 Å². The number of ether oxygens (including phenoxy) is 1. The standard InChI is InChI=1S/C22H23N3O2/c1-16(17-8-4-3-5-9-17)25-19-12-13-20(23-15-19)22(26)24-14-18-10-6-7-11-21(18)27-2/h3-13,15-16,25H,14H2,1-2H3,(H,24,26). The van der Waals surface area contributed by atoms with Crippen LogP contribution in [-0.2, 0) is 6.54 Å². The second-order valence-electron chi connectivity index (χ2n) is 6.20. The molecule has 0 bridgehead atoms. The molecule has 3 aromatic rings. The molecule has 0 fully saturated rings. The average Bonchev–Trinajstić information content (AvgIpc) is 2.73. The first-order valence-corrected chi connectivity index (χ1v) is 8.85. The summed E-state index contributed by atoms with van der Waals surface area (Å²) in [5, 5.41) is 6.26. The first-order valence-electron chi connectivity index (χ1n) is 8.85. The molecule has 0 spiro atoms. The van der Waals surface area contributed by atoms with Gasteiger partial charge in [0.25, 0.3) is 5.91 Å². The predicted molar refractivity (Wildman–Crippen MR) is 107 cm³/mol. The zero-order valence-corrected chi connectivity index (χ0v) is 15.5. The molecule has 2 N–H and O–H groups in total. The van der Waals surface area contributed by atoms with Crippen molar-refractivity contribution in [1.82, 2.24) is 10.3 Å². The highest BCUT2D eigenvalue weighted by molar-refractivity contribution is 5.92. The Bertz CT molecular complexity index is 880. The Balaban J connectivity index is 1.59. The molecule has 1 aromatic heterocycles. The number of aromatic nitrogens is 1. The van der Waals surface area contributed by atoms with E-state index in [0.29, 0.717) is 12.2 Å². The first-order chi connectivity index (χ1) is 13.2. The molecule has 27 heavy (non-hydrogen) atoms. The summed E-state index contributed by atoms with van der Waals surface area (Å²) >= 11 is 0. The van der Waals surface area contributed by atoms with Gasteiger partial charge >= 0.3 is 0 Å². The molecule has 0 saturated heterocycles. The van der Waals surface area contributed by atoms with Crippen LogP contribution in [0.3, 0.4) is 0 Å². The number of nitrogens with one attached hydrogen (secondary N) is 2. The molecule has 5 nitrogen and oxygen atoms in total. The van der Waals surface area contributed by atoms with Gasteiger partial charge in [-0.3, -0.25) is 4.79 Å². The number of hydrogen-bond acceptors (Lipinski definition) is 4. The molecule has 2 aromatic carbocycles. The van der Waals surface area contributed by atoms with Crippen LogP contribution in [0.15, 0.2) is 72.9 Å². The number of pyridine rings is 1. The Kier molecular flexibility index (Phi) is 6.05. The number of hydrogen-bond donors (Lipinski definition) is 2. The summed E-state index contributed by atoms with van der Waals surface area (Å²) in [6.45, 7) is 2.47. The number of nitrogens with zero attached hydrogens (tertiary/aromatic N) is 1. The van der Waals surface area contributed by atoms with Gasteiger partial charge in [0, 0.05) is 18.2 Å². The molecule has 3 rings (SSSR count). The summed E-state index contributed by atoms with van der Waals surface area (Å²) in [4.78, 5) is 16.6. The lowest BCUT2D eigenvalue weighted by atomic mass is 10.1. The van der Waals surface area contributed by atoms with Crippen molar-refractivity contribution in [2.24, 2.45) is 0 Å². The molecule has 5 heteroatoms. The van der Waals surface area contributed by atoms with Crippen LogP contribution < -0.4 is 15.4 Å². The summed E-state index contributed by atoms with van der Waals surface area (Å²) in [5.74, 6) is 0.531. The van der Waals surface area contributed by atoms with E-state index in [-0.39, 0.29) is 11.9 Å². The van der Waals surface area contributed by atoms with Gasteiger partial charge in [0.2, 0.25) is 0 Å². The van der Waals surface area contributed by atoms with E-state index in [1.807, 2.05) is 48.5 Å². The third kappa shape index (κ3) is 4.85. The zero-order chi connectivity index (χ0) is 19.1. The molecular formula is C22H23N3O2. The molecule has 0 aliphatic carbocycles. The molecule has 0 aliphatic rings. The molecule has 1 amide bonds. The highest BCUT2D eigenvalue weighted by Crippen LogP contribution is 2.19. The topological polar surface area (TPSA) is 63.2 Å². The van der Waals surface area contributed by atoms with Crippen LogP contribution in [0.5, 0.6) is 5.75 Å². The summed E-state index contributed by atoms with van der Waals surface area (Å²) in [7, 11) is 1.62. The zero-order valence-electron chi connectivity index (χ0n) is 15.5. The van der Waals surface area contributed by atoms with Crippen molar-refractivity contribution < 1.29 is 9.53 Å². The van der Waals surface area contributed by atoms with Gasteiger partial charge < -0.3 is 15.4 Å². The number of carbonyl (C=O) groups excluding carboxylic acids is 1. The van der Waals surface area contributed by atoms with Crippen LogP contribution in [0.1, 0.15) is 34.6 Å². The van der Waals surface area contributed by atoms with E-state index < -0.39 is 0 Å². The van der Waals surface area contributed by atoms with Gasteiger partial charge in [0.1, 0.15) is 11.4 Å². The number of carbonyl (C=O) groups is 1. The van der Waals surface area contributed by atoms with Crippen molar-refractivity contribution in [3.63, 3.8) is 0 Å². The van der Waals surface area contributed by atoms with Gasteiger partial charge in [0.05, 0.1) is 19.0 Å². The third-order valence-electron chi connectivity index (χ3n) is 4.31. The van der Waals surface area contributed by atoms with Crippen molar-refractivity contribution >= 4 is 11.6 Å². The van der Waals surface area contributed by atoms with Crippen LogP contribution >= 0.6 is 0 Å². The summed E-state index contributed by atoms with van der Waals surface area (Å²) in [6, 6.07) is 21.5. The highest BCUT2D eigenvalue weighted by atomic mass is 16.5. The van der Waals surface area contributed by atoms with Crippen LogP contribution in [0.2, 0.25) is 0 Å². The first kappa shape index (κ1) is 18.5. The maximum absolute atomic E-state index is 12.3. The maximum atomic E-state index is 12.3. The lowest BCUT2D eigenvalue weighted by Gasteiger charge is -2.15. The molecule has 1 unspecified atom stereocenters. The van der Waals surface area contributed by atoms with Gasteiger partial charge in [0.15, 0.2) is 0 Å². The van der Waals surface area contributed by atoms with Crippen molar-refractivity contribution in [2.45, 2.75) is 19.5 Å². The van der Waals surface area contributed by atoms with Crippen molar-refractivity contribution in [2.75, 3.05) is 12.4 Å². The fraction of sp³-hybridized carbons (Fsp3) is 0.182. The molecular weight excluding hydrogens is 338 g/mol. The van der Waals surface area contributed by atoms with Gasteiger partial charge in [-0.1, -0.05) is 48.5 Å². The van der Waals surface area contributed by atoms with E-state index in [4.69, 9.17) is 4.74 Å². The summed E-state index contributed by atoms with van der Waals surface area (Å²) < 4.78 is 5.30. The van der Waals surface area contributed by atoms with Crippen molar-refractivity contribution in [3.05, 3.63) is 89.7 Å². The second kappa shape index (κ2) is 8.85. The second-order valence-corrected chi connectivity index (χ2v) is 6.20. The van der Waals surface area contributed by atoms with Gasteiger partial charge in [-0.05, 0) is 30.7 Å². The lowest BCUT2D eigenvalue weighted by Crippen LogP contribution is -2.24. The third-order valence-corrected chi connectivity index (χ3v) is 4.31. The minimum atomic E-state index is -0.219. The van der Waals surface area contributed by atoms with Crippen LogP contribution in [-0.4, -0.2) is 18.0 Å². The number of amides is 1. The van der Waals surface area contributed by atoms with E-state index in [0.717, 1.165) is 17.0 Å². The molecule has 0 radical (unpaired) electrons. The SMILES string of the molecule is COc1ccccc1CNC(=O)c1ccc(NC(C)c2ccccc2)cn1. The lowest BCUT2D eigenvalue weighted by molar-refractivity contribution is 0.0945. The van der Waals surface area contributed by atoms with E-state index >= 15 is 0 Å². The van der Waals surface area contributed by atoms with E-state index in [2.05, 4.69) is 34.7 Å².